The first-order chi connectivity index (χ1) is 12.6. The van der Waals surface area contributed by atoms with Crippen molar-refractivity contribution in [1.29, 1.82) is 0 Å². The average molecular weight is 348 g/mol. The highest BCUT2D eigenvalue weighted by Crippen LogP contribution is 2.29. The molecule has 2 aromatic carbocycles. The van der Waals surface area contributed by atoms with E-state index in [-0.39, 0.29) is 0 Å². The summed E-state index contributed by atoms with van der Waals surface area (Å²) in [5, 5.41) is 0. The Hall–Kier alpha value is -3.44. The maximum Gasteiger partial charge on any atom is 0.265 e. The molecular formula is C21H20N2O3. The van der Waals surface area contributed by atoms with E-state index in [9.17, 15) is 0 Å². The minimum absolute atomic E-state index is 0.392. The van der Waals surface area contributed by atoms with E-state index in [2.05, 4.69) is 9.69 Å². The molecule has 1 atom stereocenters. The second-order valence-corrected chi connectivity index (χ2v) is 5.49. The molecule has 0 saturated carbocycles. The Bertz CT molecular complexity index is 858. The van der Waals surface area contributed by atoms with E-state index < -0.39 is 6.04 Å². The molecule has 2 aromatic rings. The van der Waals surface area contributed by atoms with Crippen molar-refractivity contribution in [2.75, 3.05) is 21.3 Å². The van der Waals surface area contributed by atoms with Gasteiger partial charge < -0.3 is 19.1 Å². The van der Waals surface area contributed by atoms with E-state index in [1.54, 1.807) is 39.5 Å². The van der Waals surface area contributed by atoms with Crippen LogP contribution in [0.1, 0.15) is 11.1 Å². The zero-order chi connectivity index (χ0) is 18.9. The lowest BCUT2D eigenvalue weighted by atomic mass is 10.0. The van der Waals surface area contributed by atoms with Crippen LogP contribution in [0, 0.1) is 13.1 Å². The third-order valence-electron chi connectivity index (χ3n) is 3.94. The standard InChI is InChI=1S/C21H20N2O3/c1-22-18(12-15-6-9-17(24-3)10-7-15)19(23-2)13-16-8-11-20(25-4)21(14-16)26-5/h6-11,13-14,18H,12H2,3-5H3/b19-13-/t18-/m0/s1. The molecule has 0 heterocycles. The molecule has 0 aliphatic rings. The van der Waals surface area contributed by atoms with Crippen molar-refractivity contribution in [1.82, 2.24) is 0 Å². The molecule has 0 unspecified atom stereocenters. The van der Waals surface area contributed by atoms with Crippen LogP contribution in [0.3, 0.4) is 0 Å². The largest absolute Gasteiger partial charge is 0.497 e. The lowest BCUT2D eigenvalue weighted by Crippen LogP contribution is -2.08. The van der Waals surface area contributed by atoms with Crippen LogP contribution in [-0.2, 0) is 6.42 Å². The maximum atomic E-state index is 7.50. The molecule has 0 aliphatic heterocycles. The van der Waals surface area contributed by atoms with E-state index >= 15 is 0 Å². The highest BCUT2D eigenvalue weighted by Gasteiger charge is 2.21. The molecule has 0 spiro atoms. The number of benzene rings is 2. The van der Waals surface area contributed by atoms with Gasteiger partial charge >= 0.3 is 0 Å². The summed E-state index contributed by atoms with van der Waals surface area (Å²) >= 11 is 0. The fourth-order valence-electron chi connectivity index (χ4n) is 2.52. The predicted octanol–water partition coefficient (Wildman–Crippen LogP) is 4.50. The van der Waals surface area contributed by atoms with Gasteiger partial charge in [0.2, 0.25) is 5.70 Å². The van der Waals surface area contributed by atoms with Gasteiger partial charge in [0.05, 0.1) is 27.9 Å². The second-order valence-electron chi connectivity index (χ2n) is 5.49. The second kappa shape index (κ2) is 9.15. The Labute approximate surface area is 154 Å². The lowest BCUT2D eigenvalue weighted by molar-refractivity contribution is 0.355. The van der Waals surface area contributed by atoms with Crippen LogP contribution >= 0.6 is 0 Å². The monoisotopic (exact) mass is 348 g/mol. The van der Waals surface area contributed by atoms with E-state index in [0.29, 0.717) is 23.6 Å². The molecule has 0 amide bonds. The Morgan fingerprint density at radius 3 is 2.19 bits per heavy atom. The third kappa shape index (κ3) is 4.55. The van der Waals surface area contributed by atoms with Crippen molar-refractivity contribution >= 4 is 6.08 Å². The summed E-state index contributed by atoms with van der Waals surface area (Å²) in [4.78, 5) is 7.23. The van der Waals surface area contributed by atoms with Gasteiger partial charge in [0.15, 0.2) is 11.5 Å². The first-order valence-corrected chi connectivity index (χ1v) is 7.95. The van der Waals surface area contributed by atoms with Crippen molar-refractivity contribution in [3.63, 3.8) is 0 Å². The van der Waals surface area contributed by atoms with Crippen LogP contribution in [0.4, 0.5) is 0 Å². The summed E-state index contributed by atoms with van der Waals surface area (Å²) in [6.07, 6.45) is 2.19. The van der Waals surface area contributed by atoms with Crippen LogP contribution in [0.15, 0.2) is 48.2 Å². The molecule has 5 heteroatoms. The van der Waals surface area contributed by atoms with Crippen LogP contribution in [-0.4, -0.2) is 27.4 Å². The number of hydrogen-bond acceptors (Lipinski definition) is 3. The molecular weight excluding hydrogens is 328 g/mol. The van der Waals surface area contributed by atoms with E-state index in [1.807, 2.05) is 30.3 Å². The molecule has 0 radical (unpaired) electrons. The zero-order valence-electron chi connectivity index (χ0n) is 15.0. The van der Waals surface area contributed by atoms with Crippen molar-refractivity contribution in [2.45, 2.75) is 12.5 Å². The van der Waals surface area contributed by atoms with Gasteiger partial charge in [-0.2, -0.15) is 0 Å². The zero-order valence-corrected chi connectivity index (χ0v) is 15.0. The summed E-state index contributed by atoms with van der Waals surface area (Å²) < 4.78 is 15.7. The van der Waals surface area contributed by atoms with E-state index in [0.717, 1.165) is 16.9 Å². The topological polar surface area (TPSA) is 36.4 Å². The van der Waals surface area contributed by atoms with Crippen LogP contribution in [0.5, 0.6) is 17.2 Å². The lowest BCUT2D eigenvalue weighted by Gasteiger charge is -2.09. The number of rotatable bonds is 7. The van der Waals surface area contributed by atoms with Gasteiger partial charge in [0, 0.05) is 6.42 Å². The van der Waals surface area contributed by atoms with Crippen LogP contribution in [0.2, 0.25) is 0 Å². The summed E-state index contributed by atoms with van der Waals surface area (Å²) in [6.45, 7) is 15.0. The SMILES string of the molecule is [C-]#[N+]/C(=C\c1ccc(OC)c(OC)c1)[C@H](Cc1ccc(OC)cc1)[N+]#[C-]. The number of methoxy groups -OCH3 is 3. The molecule has 5 nitrogen and oxygen atoms in total. The number of hydrogen-bond donors (Lipinski definition) is 0. The first kappa shape index (κ1) is 18.9. The molecule has 2 rings (SSSR count). The van der Waals surface area contributed by atoms with Crippen LogP contribution in [0.25, 0.3) is 15.8 Å². The van der Waals surface area contributed by atoms with Crippen molar-refractivity contribution in [3.8, 4) is 17.2 Å². The minimum atomic E-state index is -0.547. The highest BCUT2D eigenvalue weighted by atomic mass is 16.5. The molecule has 132 valence electrons. The maximum absolute atomic E-state index is 7.50. The fraction of sp³-hybridized carbons (Fsp3) is 0.238. The Morgan fingerprint density at radius 2 is 1.65 bits per heavy atom. The van der Waals surface area contributed by atoms with E-state index in [1.165, 1.54) is 0 Å². The normalized spacial score (nSPS) is 11.8. The summed E-state index contributed by atoms with van der Waals surface area (Å²) in [5.74, 6) is 1.97. The highest BCUT2D eigenvalue weighted by molar-refractivity contribution is 5.61. The number of ether oxygens (including phenoxy) is 3. The fourth-order valence-corrected chi connectivity index (χ4v) is 2.52. The van der Waals surface area contributed by atoms with Gasteiger partial charge in [-0.25, -0.2) is 11.4 Å². The molecule has 0 aromatic heterocycles. The summed E-state index contributed by atoms with van der Waals surface area (Å²) in [5.41, 5.74) is 2.16. The van der Waals surface area contributed by atoms with Crippen molar-refractivity contribution in [3.05, 3.63) is 82.1 Å². The van der Waals surface area contributed by atoms with Gasteiger partial charge in [-0.3, -0.25) is 0 Å². The predicted molar refractivity (Wildman–Crippen MR) is 101 cm³/mol. The molecule has 0 bridgehead atoms. The van der Waals surface area contributed by atoms with Crippen molar-refractivity contribution in [2.24, 2.45) is 0 Å². The summed E-state index contributed by atoms with van der Waals surface area (Å²) in [7, 11) is 4.74. The molecule has 0 saturated heterocycles. The smallest absolute Gasteiger partial charge is 0.265 e. The number of nitrogens with zero attached hydrogens (tertiary/aromatic N) is 2. The molecule has 0 aliphatic carbocycles. The summed E-state index contributed by atoms with van der Waals surface area (Å²) in [6, 6.07) is 12.4. The molecule has 0 fully saturated rings. The van der Waals surface area contributed by atoms with Gasteiger partial charge in [0.1, 0.15) is 5.75 Å². The van der Waals surface area contributed by atoms with Gasteiger partial charge in [0.25, 0.3) is 6.04 Å². The first-order valence-electron chi connectivity index (χ1n) is 7.95. The molecule has 0 N–H and O–H groups in total. The Kier molecular flexibility index (Phi) is 6.65. The minimum Gasteiger partial charge on any atom is -0.497 e. The third-order valence-corrected chi connectivity index (χ3v) is 3.94. The average Bonchev–Trinajstić information content (AvgIpc) is 2.70. The Morgan fingerprint density at radius 1 is 0.962 bits per heavy atom. The Balaban J connectivity index is 2.27. The van der Waals surface area contributed by atoms with Crippen LogP contribution < -0.4 is 14.2 Å². The van der Waals surface area contributed by atoms with Gasteiger partial charge in [-0.1, -0.05) is 18.2 Å². The van der Waals surface area contributed by atoms with Gasteiger partial charge in [-0.05, 0) is 41.5 Å². The molecule has 26 heavy (non-hydrogen) atoms. The quantitative estimate of drug-likeness (QED) is 0.691. The van der Waals surface area contributed by atoms with Gasteiger partial charge in [-0.15, -0.1) is 0 Å². The van der Waals surface area contributed by atoms with E-state index in [4.69, 9.17) is 27.4 Å². The van der Waals surface area contributed by atoms with Crippen molar-refractivity contribution < 1.29 is 14.2 Å².